The molecular formula is C9H5Cl2FO2. The maximum Gasteiger partial charge on any atom is 0.328 e. The first-order valence-electron chi connectivity index (χ1n) is 3.56. The van der Waals surface area contributed by atoms with E-state index in [-0.39, 0.29) is 15.6 Å². The minimum Gasteiger partial charge on any atom is -0.478 e. The third kappa shape index (κ3) is 2.72. The summed E-state index contributed by atoms with van der Waals surface area (Å²) >= 11 is 11.3. The summed E-state index contributed by atoms with van der Waals surface area (Å²) in [6.07, 6.45) is 2.09. The van der Waals surface area contributed by atoms with Crippen LogP contribution in [0.3, 0.4) is 0 Å². The summed E-state index contributed by atoms with van der Waals surface area (Å²) in [4.78, 5) is 10.2. The molecule has 0 aromatic heterocycles. The molecule has 0 saturated heterocycles. The number of carboxylic acids is 1. The highest BCUT2D eigenvalue weighted by molar-refractivity contribution is 6.37. The van der Waals surface area contributed by atoms with E-state index in [9.17, 15) is 9.18 Å². The van der Waals surface area contributed by atoms with Crippen molar-refractivity contribution in [2.75, 3.05) is 0 Å². The first kappa shape index (κ1) is 11.0. The normalized spacial score (nSPS) is 10.8. The van der Waals surface area contributed by atoms with Crippen LogP contribution in [-0.2, 0) is 4.79 Å². The van der Waals surface area contributed by atoms with Gasteiger partial charge in [0.1, 0.15) is 5.82 Å². The second kappa shape index (κ2) is 4.44. The van der Waals surface area contributed by atoms with Crippen LogP contribution in [0, 0.1) is 5.82 Å². The predicted octanol–water partition coefficient (Wildman–Crippen LogP) is 3.23. The van der Waals surface area contributed by atoms with Gasteiger partial charge in [0, 0.05) is 11.6 Å². The maximum absolute atomic E-state index is 12.7. The second-order valence-electron chi connectivity index (χ2n) is 2.45. The van der Waals surface area contributed by atoms with E-state index in [4.69, 9.17) is 28.3 Å². The van der Waals surface area contributed by atoms with Crippen LogP contribution in [0.2, 0.25) is 10.0 Å². The summed E-state index contributed by atoms with van der Waals surface area (Å²) in [6, 6.07) is 2.13. The minimum atomic E-state index is -1.12. The number of carboxylic acid groups (broad SMARTS) is 1. The molecule has 1 N–H and O–H groups in total. The van der Waals surface area contributed by atoms with Gasteiger partial charge in [-0.1, -0.05) is 23.2 Å². The van der Waals surface area contributed by atoms with E-state index in [0.717, 1.165) is 18.2 Å². The van der Waals surface area contributed by atoms with Gasteiger partial charge in [-0.2, -0.15) is 0 Å². The Labute approximate surface area is 89.6 Å². The third-order valence-corrected chi connectivity index (χ3v) is 2.06. The summed E-state index contributed by atoms with van der Waals surface area (Å²) in [7, 11) is 0. The number of hydrogen-bond acceptors (Lipinski definition) is 1. The Morgan fingerprint density at radius 1 is 1.36 bits per heavy atom. The summed E-state index contributed by atoms with van der Waals surface area (Å²) < 4.78 is 12.7. The summed E-state index contributed by atoms with van der Waals surface area (Å²) in [5.74, 6) is -1.69. The summed E-state index contributed by atoms with van der Waals surface area (Å²) in [6.45, 7) is 0. The highest BCUT2D eigenvalue weighted by atomic mass is 35.5. The van der Waals surface area contributed by atoms with Crippen molar-refractivity contribution >= 4 is 35.2 Å². The Kier molecular flexibility index (Phi) is 3.49. The van der Waals surface area contributed by atoms with Crippen molar-refractivity contribution in [3.8, 4) is 0 Å². The van der Waals surface area contributed by atoms with Crippen LogP contribution < -0.4 is 0 Å². The molecule has 0 aliphatic carbocycles. The molecule has 5 heteroatoms. The van der Waals surface area contributed by atoms with Gasteiger partial charge in [-0.25, -0.2) is 9.18 Å². The molecule has 0 bridgehead atoms. The molecule has 0 fully saturated rings. The topological polar surface area (TPSA) is 37.3 Å². The molecule has 14 heavy (non-hydrogen) atoms. The standard InChI is InChI=1S/C9H5Cl2FO2/c10-7-3-5(12)4-8(11)6(7)1-2-9(13)14/h1-4H,(H,13,14)/b2-1+. The number of benzene rings is 1. The Morgan fingerprint density at radius 3 is 2.29 bits per heavy atom. The molecule has 2 nitrogen and oxygen atoms in total. The zero-order valence-electron chi connectivity index (χ0n) is 6.80. The molecule has 1 rings (SSSR count). The Hall–Kier alpha value is -1.06. The van der Waals surface area contributed by atoms with Crippen LogP contribution in [0.25, 0.3) is 6.08 Å². The number of rotatable bonds is 2. The molecule has 0 aliphatic rings. The Bertz CT molecular complexity index is 379. The van der Waals surface area contributed by atoms with E-state index in [1.165, 1.54) is 6.08 Å². The van der Waals surface area contributed by atoms with Crippen LogP contribution in [-0.4, -0.2) is 11.1 Å². The number of halogens is 3. The van der Waals surface area contributed by atoms with Crippen molar-refractivity contribution < 1.29 is 14.3 Å². The SMILES string of the molecule is O=C(O)/C=C/c1c(Cl)cc(F)cc1Cl. The third-order valence-electron chi connectivity index (χ3n) is 1.44. The van der Waals surface area contributed by atoms with Gasteiger partial charge < -0.3 is 5.11 Å². The van der Waals surface area contributed by atoms with Crippen LogP contribution in [0.15, 0.2) is 18.2 Å². The number of hydrogen-bond donors (Lipinski definition) is 1. The Balaban J connectivity index is 3.15. The maximum atomic E-state index is 12.7. The fraction of sp³-hybridized carbons (Fsp3) is 0. The van der Waals surface area contributed by atoms with Gasteiger partial charge in [0.2, 0.25) is 0 Å². The monoisotopic (exact) mass is 234 g/mol. The molecule has 0 heterocycles. The molecule has 1 aromatic rings. The van der Waals surface area contributed by atoms with Gasteiger partial charge in [-0.05, 0) is 18.2 Å². The van der Waals surface area contributed by atoms with Gasteiger partial charge in [0.05, 0.1) is 10.0 Å². The molecule has 0 atom stereocenters. The molecule has 0 radical (unpaired) electrons. The lowest BCUT2D eigenvalue weighted by Gasteiger charge is -2.01. The van der Waals surface area contributed by atoms with Crippen molar-refractivity contribution in [3.05, 3.63) is 39.6 Å². The smallest absolute Gasteiger partial charge is 0.328 e. The Morgan fingerprint density at radius 2 is 1.86 bits per heavy atom. The zero-order chi connectivity index (χ0) is 10.7. The van der Waals surface area contributed by atoms with E-state index < -0.39 is 11.8 Å². The van der Waals surface area contributed by atoms with Gasteiger partial charge in [-0.3, -0.25) is 0 Å². The highest BCUT2D eigenvalue weighted by Crippen LogP contribution is 2.27. The largest absolute Gasteiger partial charge is 0.478 e. The number of aliphatic carboxylic acids is 1. The van der Waals surface area contributed by atoms with Gasteiger partial charge in [0.25, 0.3) is 0 Å². The van der Waals surface area contributed by atoms with Crippen LogP contribution >= 0.6 is 23.2 Å². The van der Waals surface area contributed by atoms with Crippen LogP contribution in [0.5, 0.6) is 0 Å². The number of carbonyl (C=O) groups is 1. The molecule has 74 valence electrons. The lowest BCUT2D eigenvalue weighted by molar-refractivity contribution is -0.131. The van der Waals surface area contributed by atoms with Crippen molar-refractivity contribution in [2.24, 2.45) is 0 Å². The van der Waals surface area contributed by atoms with Crippen molar-refractivity contribution in [1.82, 2.24) is 0 Å². The van der Waals surface area contributed by atoms with E-state index in [2.05, 4.69) is 0 Å². The van der Waals surface area contributed by atoms with Crippen LogP contribution in [0.1, 0.15) is 5.56 Å². The van der Waals surface area contributed by atoms with E-state index in [0.29, 0.717) is 0 Å². The van der Waals surface area contributed by atoms with Crippen molar-refractivity contribution in [3.63, 3.8) is 0 Å². The summed E-state index contributed by atoms with van der Waals surface area (Å²) in [5, 5.41) is 8.52. The van der Waals surface area contributed by atoms with E-state index in [1.54, 1.807) is 0 Å². The molecule has 0 aliphatic heterocycles. The molecule has 0 unspecified atom stereocenters. The van der Waals surface area contributed by atoms with Crippen LogP contribution in [0.4, 0.5) is 4.39 Å². The molecule has 0 amide bonds. The van der Waals surface area contributed by atoms with Crippen molar-refractivity contribution in [1.29, 1.82) is 0 Å². The van der Waals surface area contributed by atoms with E-state index in [1.807, 2.05) is 0 Å². The molecule has 0 saturated carbocycles. The van der Waals surface area contributed by atoms with Gasteiger partial charge >= 0.3 is 5.97 Å². The van der Waals surface area contributed by atoms with Gasteiger partial charge in [0.15, 0.2) is 0 Å². The summed E-state index contributed by atoms with van der Waals surface area (Å²) in [5.41, 5.74) is 0.289. The quantitative estimate of drug-likeness (QED) is 0.799. The molecule has 0 spiro atoms. The molecular weight excluding hydrogens is 230 g/mol. The fourth-order valence-electron chi connectivity index (χ4n) is 0.867. The first-order chi connectivity index (χ1) is 6.50. The second-order valence-corrected chi connectivity index (χ2v) is 3.27. The van der Waals surface area contributed by atoms with E-state index >= 15 is 0 Å². The predicted molar refractivity (Wildman–Crippen MR) is 53.1 cm³/mol. The average Bonchev–Trinajstić information content (AvgIpc) is 2.01. The average molecular weight is 235 g/mol. The zero-order valence-corrected chi connectivity index (χ0v) is 8.31. The lowest BCUT2D eigenvalue weighted by Crippen LogP contribution is -1.87. The lowest BCUT2D eigenvalue weighted by atomic mass is 10.2. The fourth-order valence-corrected chi connectivity index (χ4v) is 1.45. The van der Waals surface area contributed by atoms with Gasteiger partial charge in [-0.15, -0.1) is 0 Å². The van der Waals surface area contributed by atoms with Crippen molar-refractivity contribution in [2.45, 2.75) is 0 Å². The minimum absolute atomic E-state index is 0.0764. The highest BCUT2D eigenvalue weighted by Gasteiger charge is 2.05. The molecule has 1 aromatic carbocycles. The first-order valence-corrected chi connectivity index (χ1v) is 4.32.